The van der Waals surface area contributed by atoms with Gasteiger partial charge in [0.1, 0.15) is 0 Å². The van der Waals surface area contributed by atoms with Gasteiger partial charge in [-0.05, 0) is 56.2 Å². The summed E-state index contributed by atoms with van der Waals surface area (Å²) in [4.78, 5) is 32.2. The van der Waals surface area contributed by atoms with Gasteiger partial charge in [-0.25, -0.2) is 0 Å². The molecular formula is C20H24ClN3O2. The van der Waals surface area contributed by atoms with Crippen molar-refractivity contribution in [2.75, 3.05) is 26.2 Å². The number of nitrogens with zero attached hydrogens (tertiary/aromatic N) is 2. The molecule has 2 aromatic rings. The maximum absolute atomic E-state index is 12.7. The van der Waals surface area contributed by atoms with Crippen LogP contribution in [-0.4, -0.2) is 52.8 Å². The number of carbonyl (C=O) groups is 2. The molecule has 0 spiro atoms. The van der Waals surface area contributed by atoms with E-state index in [1.807, 2.05) is 29.7 Å². The minimum atomic E-state index is -0.00642. The first kappa shape index (κ1) is 18.5. The van der Waals surface area contributed by atoms with Gasteiger partial charge in [0.2, 0.25) is 5.91 Å². The third-order valence-corrected chi connectivity index (χ3v) is 5.08. The maximum atomic E-state index is 12.7. The van der Waals surface area contributed by atoms with Crippen molar-refractivity contribution in [2.45, 2.75) is 26.7 Å². The highest BCUT2D eigenvalue weighted by Crippen LogP contribution is 2.15. The van der Waals surface area contributed by atoms with Gasteiger partial charge in [-0.3, -0.25) is 9.59 Å². The molecule has 1 aliphatic rings. The summed E-state index contributed by atoms with van der Waals surface area (Å²) in [6.07, 6.45) is 1.19. The molecule has 138 valence electrons. The molecule has 5 nitrogen and oxygen atoms in total. The fourth-order valence-corrected chi connectivity index (χ4v) is 3.51. The molecule has 1 aromatic carbocycles. The van der Waals surface area contributed by atoms with E-state index in [1.54, 1.807) is 24.3 Å². The van der Waals surface area contributed by atoms with Gasteiger partial charge in [0.25, 0.3) is 5.91 Å². The Hall–Kier alpha value is -2.27. The average Bonchev–Trinajstić information content (AvgIpc) is 2.81. The van der Waals surface area contributed by atoms with Gasteiger partial charge in [0.05, 0.1) is 6.42 Å². The molecule has 2 amide bonds. The first-order valence-electron chi connectivity index (χ1n) is 8.92. The number of nitrogens with one attached hydrogen (secondary N) is 1. The summed E-state index contributed by atoms with van der Waals surface area (Å²) < 4.78 is 0. The van der Waals surface area contributed by atoms with Crippen LogP contribution in [0.1, 0.15) is 33.7 Å². The molecule has 3 rings (SSSR count). The Kier molecular flexibility index (Phi) is 5.67. The van der Waals surface area contributed by atoms with E-state index in [1.165, 1.54) is 0 Å². The molecule has 0 atom stereocenters. The maximum Gasteiger partial charge on any atom is 0.253 e. The molecule has 0 bridgehead atoms. The quantitative estimate of drug-likeness (QED) is 0.898. The van der Waals surface area contributed by atoms with E-state index in [0.717, 1.165) is 23.4 Å². The van der Waals surface area contributed by atoms with Crippen molar-refractivity contribution < 1.29 is 9.59 Å². The zero-order valence-corrected chi connectivity index (χ0v) is 16.0. The lowest BCUT2D eigenvalue weighted by atomic mass is 10.1. The molecular weight excluding hydrogens is 350 g/mol. The average molecular weight is 374 g/mol. The molecule has 1 aliphatic heterocycles. The van der Waals surface area contributed by atoms with Crippen LogP contribution in [0.15, 0.2) is 30.3 Å². The van der Waals surface area contributed by atoms with E-state index < -0.39 is 0 Å². The Morgan fingerprint density at radius 2 is 1.69 bits per heavy atom. The largest absolute Gasteiger partial charge is 0.362 e. The third-order valence-electron chi connectivity index (χ3n) is 4.83. The standard InChI is InChI=1S/C20H24ClN3O2/c1-14-12-17(15(2)22-14)13-19(25)23-8-3-9-24(11-10-23)20(26)16-4-6-18(21)7-5-16/h4-7,12,22H,3,8-11,13H2,1-2H3. The summed E-state index contributed by atoms with van der Waals surface area (Å²) >= 11 is 5.89. The van der Waals surface area contributed by atoms with Gasteiger partial charge >= 0.3 is 0 Å². The van der Waals surface area contributed by atoms with E-state index in [-0.39, 0.29) is 11.8 Å². The first-order valence-corrected chi connectivity index (χ1v) is 9.29. The second-order valence-corrected chi connectivity index (χ2v) is 7.25. The van der Waals surface area contributed by atoms with Crippen LogP contribution in [-0.2, 0) is 11.2 Å². The Morgan fingerprint density at radius 1 is 1.04 bits per heavy atom. The third kappa shape index (κ3) is 4.28. The summed E-state index contributed by atoms with van der Waals surface area (Å²) in [6, 6.07) is 8.97. The number of rotatable bonds is 3. The van der Waals surface area contributed by atoms with Crippen LogP contribution < -0.4 is 0 Å². The molecule has 6 heteroatoms. The molecule has 1 saturated heterocycles. The first-order chi connectivity index (χ1) is 12.4. The van der Waals surface area contributed by atoms with Crippen LogP contribution in [0, 0.1) is 13.8 Å². The fourth-order valence-electron chi connectivity index (χ4n) is 3.39. The summed E-state index contributed by atoms with van der Waals surface area (Å²) in [6.45, 7) is 6.45. The number of aryl methyl sites for hydroxylation is 2. The number of carbonyl (C=O) groups excluding carboxylic acids is 2. The van der Waals surface area contributed by atoms with Crippen molar-refractivity contribution >= 4 is 23.4 Å². The zero-order chi connectivity index (χ0) is 18.7. The lowest BCUT2D eigenvalue weighted by molar-refractivity contribution is -0.130. The zero-order valence-electron chi connectivity index (χ0n) is 15.2. The summed E-state index contributed by atoms with van der Waals surface area (Å²) in [5.74, 6) is 0.112. The molecule has 26 heavy (non-hydrogen) atoms. The second-order valence-electron chi connectivity index (χ2n) is 6.81. The number of hydrogen-bond donors (Lipinski definition) is 1. The van der Waals surface area contributed by atoms with Crippen molar-refractivity contribution in [2.24, 2.45) is 0 Å². The highest BCUT2D eigenvalue weighted by molar-refractivity contribution is 6.30. The predicted molar refractivity (Wildman–Crippen MR) is 103 cm³/mol. The number of halogens is 1. The van der Waals surface area contributed by atoms with Gasteiger partial charge in [-0.15, -0.1) is 0 Å². The van der Waals surface area contributed by atoms with E-state index in [4.69, 9.17) is 11.6 Å². The normalized spacial score (nSPS) is 15.0. The fraction of sp³-hybridized carbons (Fsp3) is 0.400. The highest BCUT2D eigenvalue weighted by Gasteiger charge is 2.23. The van der Waals surface area contributed by atoms with Crippen LogP contribution in [0.5, 0.6) is 0 Å². The van der Waals surface area contributed by atoms with Crippen LogP contribution >= 0.6 is 11.6 Å². The minimum absolute atomic E-state index is 0.00642. The highest BCUT2D eigenvalue weighted by atomic mass is 35.5. The molecule has 0 radical (unpaired) electrons. The number of amides is 2. The van der Waals surface area contributed by atoms with Crippen LogP contribution in [0.2, 0.25) is 5.02 Å². The number of aromatic amines is 1. The van der Waals surface area contributed by atoms with Gasteiger partial charge < -0.3 is 14.8 Å². The van der Waals surface area contributed by atoms with Gasteiger partial charge in [0, 0.05) is 48.2 Å². The van der Waals surface area contributed by atoms with Crippen LogP contribution in [0.25, 0.3) is 0 Å². The number of aromatic nitrogens is 1. The molecule has 0 unspecified atom stereocenters. The van der Waals surface area contributed by atoms with Crippen molar-refractivity contribution in [1.82, 2.24) is 14.8 Å². The van der Waals surface area contributed by atoms with E-state index in [2.05, 4.69) is 4.98 Å². The van der Waals surface area contributed by atoms with E-state index in [9.17, 15) is 9.59 Å². The second kappa shape index (κ2) is 7.96. The number of benzene rings is 1. The Morgan fingerprint density at radius 3 is 2.35 bits per heavy atom. The lowest BCUT2D eigenvalue weighted by Gasteiger charge is -2.22. The minimum Gasteiger partial charge on any atom is -0.362 e. The molecule has 0 aliphatic carbocycles. The number of hydrogen-bond acceptors (Lipinski definition) is 2. The molecule has 1 aromatic heterocycles. The van der Waals surface area contributed by atoms with Crippen molar-refractivity contribution in [3.05, 3.63) is 57.9 Å². The van der Waals surface area contributed by atoms with E-state index >= 15 is 0 Å². The van der Waals surface area contributed by atoms with Gasteiger partial charge in [-0.1, -0.05) is 11.6 Å². The topological polar surface area (TPSA) is 56.4 Å². The van der Waals surface area contributed by atoms with Crippen LogP contribution in [0.4, 0.5) is 0 Å². The van der Waals surface area contributed by atoms with Gasteiger partial charge in [-0.2, -0.15) is 0 Å². The Labute approximate surface area is 158 Å². The molecule has 2 heterocycles. The Balaban J connectivity index is 1.60. The lowest BCUT2D eigenvalue weighted by Crippen LogP contribution is -2.38. The molecule has 1 fully saturated rings. The van der Waals surface area contributed by atoms with Crippen molar-refractivity contribution in [3.8, 4) is 0 Å². The van der Waals surface area contributed by atoms with Crippen LogP contribution in [0.3, 0.4) is 0 Å². The van der Waals surface area contributed by atoms with E-state index in [0.29, 0.717) is 43.2 Å². The van der Waals surface area contributed by atoms with Crippen molar-refractivity contribution in [1.29, 1.82) is 0 Å². The monoisotopic (exact) mass is 373 g/mol. The number of H-pyrrole nitrogens is 1. The summed E-state index contributed by atoms with van der Waals surface area (Å²) in [7, 11) is 0. The predicted octanol–water partition coefficient (Wildman–Crippen LogP) is 3.20. The molecule has 0 saturated carbocycles. The SMILES string of the molecule is Cc1cc(CC(=O)N2CCCN(C(=O)c3ccc(Cl)cc3)CC2)c(C)[nH]1. The Bertz CT molecular complexity index is 798. The smallest absolute Gasteiger partial charge is 0.253 e. The van der Waals surface area contributed by atoms with Crippen molar-refractivity contribution in [3.63, 3.8) is 0 Å². The summed E-state index contributed by atoms with van der Waals surface area (Å²) in [5.41, 5.74) is 3.80. The molecule has 1 N–H and O–H groups in total. The summed E-state index contributed by atoms with van der Waals surface area (Å²) in [5, 5.41) is 0.615. The van der Waals surface area contributed by atoms with Gasteiger partial charge in [0.15, 0.2) is 0 Å².